The van der Waals surface area contributed by atoms with Crippen molar-refractivity contribution in [3.8, 4) is 5.69 Å². The summed E-state index contributed by atoms with van der Waals surface area (Å²) in [4.78, 5) is 11.0. The number of hydrogen-bond acceptors (Lipinski definition) is 4. The van der Waals surface area contributed by atoms with Gasteiger partial charge in [0.25, 0.3) is 0 Å². The van der Waals surface area contributed by atoms with Crippen molar-refractivity contribution in [3.05, 3.63) is 48.3 Å². The van der Waals surface area contributed by atoms with E-state index in [-0.39, 0.29) is 5.75 Å². The summed E-state index contributed by atoms with van der Waals surface area (Å²) in [6.45, 7) is 1.30. The lowest BCUT2D eigenvalue weighted by molar-refractivity contribution is -0.117. The van der Waals surface area contributed by atoms with E-state index < -0.39 is 21.0 Å². The van der Waals surface area contributed by atoms with Gasteiger partial charge < -0.3 is 5.73 Å². The number of aromatic nitrogens is 2. The Kier molecular flexibility index (Phi) is 3.89. The minimum Gasteiger partial charge on any atom is -0.369 e. The zero-order valence-electron chi connectivity index (χ0n) is 10.9. The molecule has 0 aliphatic carbocycles. The van der Waals surface area contributed by atoms with E-state index in [1.165, 1.54) is 6.92 Å². The average molecular weight is 293 g/mol. The molecule has 1 unspecified atom stereocenters. The maximum atomic E-state index is 11.9. The van der Waals surface area contributed by atoms with E-state index in [0.29, 0.717) is 5.56 Å². The summed E-state index contributed by atoms with van der Waals surface area (Å²) in [7, 11) is -3.58. The molecule has 2 aromatic rings. The van der Waals surface area contributed by atoms with Crippen LogP contribution in [0, 0.1) is 0 Å². The number of nitrogens with zero attached hydrogens (tertiary/aromatic N) is 2. The Morgan fingerprint density at radius 3 is 2.50 bits per heavy atom. The number of rotatable bonds is 5. The van der Waals surface area contributed by atoms with Crippen LogP contribution >= 0.6 is 0 Å². The molecule has 7 heteroatoms. The van der Waals surface area contributed by atoms with Crippen molar-refractivity contribution in [1.82, 2.24) is 9.78 Å². The fourth-order valence-electron chi connectivity index (χ4n) is 1.70. The number of benzene rings is 1. The van der Waals surface area contributed by atoms with Crippen molar-refractivity contribution in [2.45, 2.75) is 17.9 Å². The highest BCUT2D eigenvalue weighted by molar-refractivity contribution is 7.92. The number of nitrogens with two attached hydrogens (primary N) is 1. The van der Waals surface area contributed by atoms with E-state index in [1.807, 2.05) is 0 Å². The lowest BCUT2D eigenvalue weighted by Crippen LogP contribution is -2.33. The van der Waals surface area contributed by atoms with Crippen LogP contribution in [0.15, 0.2) is 42.7 Å². The monoisotopic (exact) mass is 293 g/mol. The fraction of sp³-hybridized carbons (Fsp3) is 0.231. The molecule has 0 fully saturated rings. The zero-order chi connectivity index (χ0) is 14.8. The highest BCUT2D eigenvalue weighted by atomic mass is 32.2. The molecule has 0 spiro atoms. The van der Waals surface area contributed by atoms with Gasteiger partial charge in [-0.2, -0.15) is 5.10 Å². The molecule has 0 bridgehead atoms. The molecule has 0 saturated heterocycles. The summed E-state index contributed by atoms with van der Waals surface area (Å²) in [5.74, 6) is -1.05. The van der Waals surface area contributed by atoms with Gasteiger partial charge in [-0.25, -0.2) is 13.1 Å². The lowest BCUT2D eigenvalue weighted by atomic mass is 10.2. The van der Waals surface area contributed by atoms with Gasteiger partial charge >= 0.3 is 0 Å². The van der Waals surface area contributed by atoms with E-state index in [2.05, 4.69) is 5.10 Å². The maximum Gasteiger partial charge on any atom is 0.235 e. The summed E-state index contributed by atoms with van der Waals surface area (Å²) in [6, 6.07) is 8.73. The molecule has 106 valence electrons. The van der Waals surface area contributed by atoms with Crippen molar-refractivity contribution in [2.24, 2.45) is 5.73 Å². The third kappa shape index (κ3) is 3.05. The van der Waals surface area contributed by atoms with E-state index in [4.69, 9.17) is 5.73 Å². The van der Waals surface area contributed by atoms with Crippen molar-refractivity contribution in [1.29, 1.82) is 0 Å². The number of hydrogen-bond donors (Lipinski definition) is 1. The summed E-state index contributed by atoms with van der Waals surface area (Å²) in [6.07, 6.45) is 3.45. The van der Waals surface area contributed by atoms with Crippen LogP contribution in [-0.2, 0) is 20.4 Å². The Bertz CT molecular complexity index is 691. The summed E-state index contributed by atoms with van der Waals surface area (Å²) in [5, 5.41) is 2.89. The van der Waals surface area contributed by atoms with Crippen LogP contribution in [0.4, 0.5) is 0 Å². The molecule has 6 nitrogen and oxygen atoms in total. The Hall–Kier alpha value is -2.15. The number of amides is 1. The van der Waals surface area contributed by atoms with Gasteiger partial charge in [0, 0.05) is 12.4 Å². The molecule has 1 atom stereocenters. The van der Waals surface area contributed by atoms with Gasteiger partial charge in [-0.05, 0) is 30.7 Å². The van der Waals surface area contributed by atoms with Crippen LogP contribution in [0.25, 0.3) is 5.69 Å². The first kappa shape index (κ1) is 14.3. The minimum atomic E-state index is -3.58. The SMILES string of the molecule is CC(C(N)=O)S(=O)(=O)Cc1ccc(-n2cccn2)cc1. The maximum absolute atomic E-state index is 11.9. The van der Waals surface area contributed by atoms with Crippen molar-refractivity contribution in [2.75, 3.05) is 0 Å². The van der Waals surface area contributed by atoms with E-state index in [0.717, 1.165) is 5.69 Å². The Labute approximate surface area is 117 Å². The summed E-state index contributed by atoms with van der Waals surface area (Å²) >= 11 is 0. The zero-order valence-corrected chi connectivity index (χ0v) is 11.7. The second-order valence-electron chi connectivity index (χ2n) is 4.47. The van der Waals surface area contributed by atoms with Gasteiger partial charge in [-0.3, -0.25) is 4.79 Å². The fourth-order valence-corrected chi connectivity index (χ4v) is 2.96. The van der Waals surface area contributed by atoms with E-state index in [9.17, 15) is 13.2 Å². The number of carbonyl (C=O) groups is 1. The second kappa shape index (κ2) is 5.46. The van der Waals surface area contributed by atoms with E-state index >= 15 is 0 Å². The van der Waals surface area contributed by atoms with Crippen LogP contribution in [0.5, 0.6) is 0 Å². The smallest absolute Gasteiger partial charge is 0.235 e. The number of sulfone groups is 1. The average Bonchev–Trinajstić information content (AvgIpc) is 2.92. The lowest BCUT2D eigenvalue weighted by Gasteiger charge is -2.10. The van der Waals surface area contributed by atoms with Crippen molar-refractivity contribution in [3.63, 3.8) is 0 Å². The molecule has 0 radical (unpaired) electrons. The van der Waals surface area contributed by atoms with Crippen LogP contribution in [0.2, 0.25) is 0 Å². The van der Waals surface area contributed by atoms with Gasteiger partial charge in [0.1, 0.15) is 5.25 Å². The van der Waals surface area contributed by atoms with Gasteiger partial charge in [-0.1, -0.05) is 12.1 Å². The predicted octanol–water partition coefficient (Wildman–Crippen LogP) is 0.661. The normalized spacial score (nSPS) is 13.1. The molecule has 1 amide bonds. The number of carbonyl (C=O) groups excluding carboxylic acids is 1. The highest BCUT2D eigenvalue weighted by Gasteiger charge is 2.25. The van der Waals surface area contributed by atoms with Crippen molar-refractivity contribution < 1.29 is 13.2 Å². The summed E-state index contributed by atoms with van der Waals surface area (Å²) < 4.78 is 25.5. The predicted molar refractivity (Wildman–Crippen MR) is 74.8 cm³/mol. The minimum absolute atomic E-state index is 0.212. The highest BCUT2D eigenvalue weighted by Crippen LogP contribution is 2.14. The number of primary amides is 1. The largest absolute Gasteiger partial charge is 0.369 e. The first-order valence-electron chi connectivity index (χ1n) is 6.00. The van der Waals surface area contributed by atoms with Crippen LogP contribution < -0.4 is 5.73 Å². The van der Waals surface area contributed by atoms with Crippen LogP contribution in [-0.4, -0.2) is 29.4 Å². The molecular formula is C13H15N3O3S. The Morgan fingerprint density at radius 2 is 2.00 bits per heavy atom. The molecule has 0 saturated carbocycles. The van der Waals surface area contributed by atoms with Crippen molar-refractivity contribution >= 4 is 15.7 Å². The van der Waals surface area contributed by atoms with Crippen LogP contribution in [0.3, 0.4) is 0 Å². The molecule has 1 aromatic heterocycles. The first-order chi connectivity index (χ1) is 9.40. The molecule has 1 aromatic carbocycles. The molecule has 0 aliphatic heterocycles. The van der Waals surface area contributed by atoms with Crippen LogP contribution in [0.1, 0.15) is 12.5 Å². The molecule has 2 rings (SSSR count). The van der Waals surface area contributed by atoms with E-state index in [1.54, 1.807) is 47.4 Å². The molecule has 2 N–H and O–H groups in total. The Morgan fingerprint density at radius 1 is 1.35 bits per heavy atom. The molecule has 20 heavy (non-hydrogen) atoms. The van der Waals surface area contributed by atoms with Gasteiger partial charge in [0.15, 0.2) is 9.84 Å². The quantitative estimate of drug-likeness (QED) is 0.876. The second-order valence-corrected chi connectivity index (χ2v) is 6.79. The van der Waals surface area contributed by atoms with Gasteiger partial charge in [0.2, 0.25) is 5.91 Å². The third-order valence-corrected chi connectivity index (χ3v) is 5.06. The standard InChI is InChI=1S/C13H15N3O3S/c1-10(13(14)17)20(18,19)9-11-3-5-12(6-4-11)16-8-2-7-15-16/h2-8,10H,9H2,1H3,(H2,14,17). The Balaban J connectivity index is 2.18. The topological polar surface area (TPSA) is 95.0 Å². The third-order valence-electron chi connectivity index (χ3n) is 3.01. The molecule has 0 aliphatic rings. The van der Waals surface area contributed by atoms with Gasteiger partial charge in [-0.15, -0.1) is 0 Å². The summed E-state index contributed by atoms with van der Waals surface area (Å²) in [5.41, 5.74) is 6.47. The molecule has 1 heterocycles. The first-order valence-corrected chi connectivity index (χ1v) is 7.71. The molecular weight excluding hydrogens is 278 g/mol. The van der Waals surface area contributed by atoms with Gasteiger partial charge in [0.05, 0.1) is 11.4 Å².